The molecule has 1 saturated heterocycles. The molecule has 2 heterocycles. The molecule has 2 aliphatic rings. The van der Waals surface area contributed by atoms with Crippen LogP contribution < -0.4 is 5.32 Å². The molecule has 0 aromatic heterocycles. The van der Waals surface area contributed by atoms with Gasteiger partial charge in [-0.25, -0.2) is 26.9 Å². The molecular weight excluding hydrogens is 534 g/mol. The summed E-state index contributed by atoms with van der Waals surface area (Å²) in [6.07, 6.45) is -4.28. The summed E-state index contributed by atoms with van der Waals surface area (Å²) in [6, 6.07) is 0. The summed E-state index contributed by atoms with van der Waals surface area (Å²) in [7, 11) is -17.4. The lowest BCUT2D eigenvalue weighted by molar-refractivity contribution is -0.207. The fourth-order valence-electron chi connectivity index (χ4n) is 2.56. The number of hydrogen-bond donors (Lipinski definition) is 6. The van der Waals surface area contributed by atoms with Crippen LogP contribution in [0.4, 0.5) is 13.2 Å². The van der Waals surface area contributed by atoms with E-state index in [9.17, 15) is 28.1 Å². The summed E-state index contributed by atoms with van der Waals surface area (Å²) < 4.78 is 93.3. The molecule has 6 unspecified atom stereocenters. The van der Waals surface area contributed by atoms with Crippen LogP contribution in [0, 0.1) is 0 Å². The van der Waals surface area contributed by atoms with Crippen molar-refractivity contribution in [2.75, 3.05) is 6.61 Å². The highest BCUT2D eigenvalue weighted by Gasteiger charge is 2.66. The van der Waals surface area contributed by atoms with Crippen molar-refractivity contribution < 1.29 is 69.4 Å². The van der Waals surface area contributed by atoms with Crippen molar-refractivity contribution in [1.82, 2.24) is 10.2 Å². The minimum Gasteiger partial charge on any atom is -0.384 e. The van der Waals surface area contributed by atoms with Crippen molar-refractivity contribution in [3.05, 3.63) is 24.4 Å². The second kappa shape index (κ2) is 8.82. The molecule has 0 aromatic carbocycles. The van der Waals surface area contributed by atoms with Gasteiger partial charge < -0.3 is 39.6 Å². The van der Waals surface area contributed by atoms with Crippen LogP contribution in [0.2, 0.25) is 0 Å². The van der Waals surface area contributed by atoms with Gasteiger partial charge in [0.15, 0.2) is 23.8 Å². The van der Waals surface area contributed by atoms with Crippen LogP contribution in [0.25, 0.3) is 0 Å². The summed E-state index contributed by atoms with van der Waals surface area (Å²) in [5.41, 5.74) is -3.03. The highest BCUT2D eigenvalue weighted by molar-refractivity contribution is 7.80. The number of aliphatic hydroxyl groups is 1. The monoisotopic (exact) mass is 550 g/mol. The maximum Gasteiger partial charge on any atom is 0.490 e. The van der Waals surface area contributed by atoms with Gasteiger partial charge in [0.1, 0.15) is 17.4 Å². The van der Waals surface area contributed by atoms with E-state index in [0.717, 1.165) is 0 Å². The third-order valence-electron chi connectivity index (χ3n) is 3.87. The molecule has 32 heavy (non-hydrogen) atoms. The summed E-state index contributed by atoms with van der Waals surface area (Å²) in [6.45, 7) is 2.24. The Kier molecular flexibility index (Phi) is 7.59. The van der Waals surface area contributed by atoms with Gasteiger partial charge in [-0.2, -0.15) is 8.62 Å². The molecule has 0 amide bonds. The number of aliphatic hydroxyl groups excluding tert-OH is 1. The summed E-state index contributed by atoms with van der Waals surface area (Å²) in [4.78, 5) is 35.5. The summed E-state index contributed by atoms with van der Waals surface area (Å²) >= 11 is 4.62. The molecule has 6 N–H and O–H groups in total. The number of halogens is 3. The van der Waals surface area contributed by atoms with Gasteiger partial charge in [0.2, 0.25) is 0 Å². The quantitative estimate of drug-likeness (QED) is 0.184. The van der Waals surface area contributed by atoms with Crippen LogP contribution in [0.3, 0.4) is 0 Å². The Bertz CT molecular complexity index is 991. The van der Waals surface area contributed by atoms with E-state index in [-0.39, 0.29) is 5.82 Å². The van der Waals surface area contributed by atoms with Gasteiger partial charge in [-0.1, -0.05) is 18.8 Å². The topological polar surface area (TPSA) is 205 Å². The van der Waals surface area contributed by atoms with E-state index in [1.165, 1.54) is 0 Å². The van der Waals surface area contributed by atoms with Gasteiger partial charge in [-0.15, -0.1) is 0 Å². The average molecular weight is 550 g/mol. The minimum absolute atomic E-state index is 0.283. The number of phosphoric acid groups is 3. The van der Waals surface area contributed by atoms with Crippen molar-refractivity contribution in [3.63, 3.8) is 0 Å². The van der Waals surface area contributed by atoms with Gasteiger partial charge in [0.05, 0.1) is 0 Å². The van der Waals surface area contributed by atoms with Gasteiger partial charge in [0.25, 0.3) is 5.85 Å². The molecule has 2 aliphatic heterocycles. The van der Waals surface area contributed by atoms with E-state index in [2.05, 4.69) is 37.3 Å². The highest BCUT2D eigenvalue weighted by Crippen LogP contribution is 2.66. The lowest BCUT2D eigenvalue weighted by Crippen LogP contribution is -2.52. The zero-order valence-electron chi connectivity index (χ0n) is 15.6. The zero-order valence-corrected chi connectivity index (χ0v) is 19.1. The molecular formula is C11H16F3N2O12P3S. The van der Waals surface area contributed by atoms with Crippen LogP contribution in [0.5, 0.6) is 0 Å². The first kappa shape index (κ1) is 27.5. The van der Waals surface area contributed by atoms with Crippen molar-refractivity contribution in [2.45, 2.75) is 30.8 Å². The second-order valence-electron chi connectivity index (χ2n) is 6.46. The van der Waals surface area contributed by atoms with Crippen LogP contribution in [0.15, 0.2) is 24.4 Å². The van der Waals surface area contributed by atoms with Crippen molar-refractivity contribution in [1.29, 1.82) is 0 Å². The maximum atomic E-state index is 15.1. The Balaban J connectivity index is 2.19. The first-order chi connectivity index (χ1) is 14.2. The Morgan fingerprint density at radius 3 is 2.34 bits per heavy atom. The first-order valence-electron chi connectivity index (χ1n) is 7.87. The van der Waals surface area contributed by atoms with Gasteiger partial charge in [-0.3, -0.25) is 4.52 Å². The van der Waals surface area contributed by atoms with Gasteiger partial charge >= 0.3 is 23.5 Å². The van der Waals surface area contributed by atoms with E-state index in [1.807, 2.05) is 0 Å². The number of nitrogens with one attached hydrogen (secondary N) is 1. The second-order valence-corrected chi connectivity index (χ2v) is 11.3. The lowest BCUT2D eigenvalue weighted by atomic mass is 9.96. The maximum absolute atomic E-state index is 15.1. The fraction of sp³-hybridized carbons (Fsp3) is 0.545. The normalized spacial score (nSPS) is 35.2. The van der Waals surface area contributed by atoms with Crippen LogP contribution in [-0.4, -0.2) is 65.0 Å². The average Bonchev–Trinajstić information content (AvgIpc) is 2.74. The van der Waals surface area contributed by atoms with Crippen LogP contribution >= 0.6 is 35.7 Å². The van der Waals surface area contributed by atoms with Crippen LogP contribution in [-0.2, 0) is 31.6 Å². The van der Waals surface area contributed by atoms with E-state index in [1.54, 1.807) is 0 Å². The Labute approximate surface area is 182 Å². The molecule has 0 aliphatic carbocycles. The largest absolute Gasteiger partial charge is 0.490 e. The SMILES string of the molecule is C=C1NC(=S)C(F)=CN1C1OC(F)(COP(=O)(O)OP(=O)(O)OP(=O)(O)O)C(O)C1(C)F. The molecule has 2 rings (SSSR count). The Hall–Kier alpha value is -0.710. The zero-order chi connectivity index (χ0) is 24.9. The standard InChI is InChI=1S/C11H16F3N2O12P3S/c1-5-15-7(32)6(12)3-16(5)9-10(2,13)8(17)11(14,26-9)4-25-30(21,22)28-31(23,24)27-29(18,19)20/h3,8-9,17H,1,4H2,2H3,(H,15,32)(H,21,22)(H,23,24)(H2,18,19,20). The number of hydrogen-bond acceptors (Lipinski definition) is 10. The van der Waals surface area contributed by atoms with E-state index >= 15 is 8.78 Å². The van der Waals surface area contributed by atoms with Gasteiger partial charge in [0, 0.05) is 6.20 Å². The predicted molar refractivity (Wildman–Crippen MR) is 100.0 cm³/mol. The van der Waals surface area contributed by atoms with E-state index in [0.29, 0.717) is 18.0 Å². The molecule has 0 bridgehead atoms. The number of alkyl halides is 2. The third kappa shape index (κ3) is 6.24. The van der Waals surface area contributed by atoms with Crippen molar-refractivity contribution in [3.8, 4) is 0 Å². The molecule has 0 saturated carbocycles. The third-order valence-corrected chi connectivity index (χ3v) is 7.95. The first-order valence-corrected chi connectivity index (χ1v) is 12.8. The summed E-state index contributed by atoms with van der Waals surface area (Å²) in [5, 5.41) is 12.3. The Morgan fingerprint density at radius 1 is 1.25 bits per heavy atom. The molecule has 21 heteroatoms. The minimum atomic E-state index is -5.91. The lowest BCUT2D eigenvalue weighted by Gasteiger charge is -2.36. The number of phosphoric ester groups is 1. The number of ether oxygens (including phenoxy) is 1. The molecule has 0 aromatic rings. The molecule has 0 radical (unpaired) electrons. The van der Waals surface area contributed by atoms with Crippen molar-refractivity contribution in [2.24, 2.45) is 0 Å². The van der Waals surface area contributed by atoms with E-state index in [4.69, 9.17) is 19.4 Å². The molecule has 6 atom stereocenters. The highest BCUT2D eigenvalue weighted by atomic mass is 32.1. The molecule has 14 nitrogen and oxygen atoms in total. The molecule has 0 spiro atoms. The fourth-order valence-corrected chi connectivity index (χ4v) is 5.76. The number of rotatable bonds is 8. The predicted octanol–water partition coefficient (Wildman–Crippen LogP) is 0.956. The van der Waals surface area contributed by atoms with E-state index < -0.39 is 64.7 Å². The molecule has 1 fully saturated rings. The number of nitrogens with zero attached hydrogens (tertiary/aromatic N) is 1. The molecule has 184 valence electrons. The van der Waals surface area contributed by atoms with Crippen molar-refractivity contribution >= 4 is 40.7 Å². The number of thiocarbonyl (C=S) groups is 1. The van der Waals surface area contributed by atoms with Gasteiger partial charge in [-0.05, 0) is 6.92 Å². The smallest absolute Gasteiger partial charge is 0.384 e. The Morgan fingerprint density at radius 2 is 1.81 bits per heavy atom. The van der Waals surface area contributed by atoms with Crippen LogP contribution in [0.1, 0.15) is 6.92 Å². The summed E-state index contributed by atoms with van der Waals surface area (Å²) in [5.74, 6) is -5.00.